The van der Waals surface area contributed by atoms with Crippen molar-refractivity contribution in [3.63, 3.8) is 0 Å². The first kappa shape index (κ1) is 23.0. The number of nitrogens with one attached hydrogen (secondary N) is 1. The van der Waals surface area contributed by atoms with Gasteiger partial charge in [0.1, 0.15) is 0 Å². The first-order valence-corrected chi connectivity index (χ1v) is 8.44. The fraction of sp³-hybridized carbons (Fsp3) is 0.611. The van der Waals surface area contributed by atoms with Crippen LogP contribution >= 0.6 is 24.8 Å². The molecule has 1 N–H and O–H groups in total. The molecule has 1 aromatic rings. The van der Waals surface area contributed by atoms with Crippen molar-refractivity contribution in [2.75, 3.05) is 38.6 Å². The largest absolute Gasteiger partial charge is 0.375 e. The number of amides is 1. The van der Waals surface area contributed by atoms with E-state index in [1.165, 1.54) is 18.5 Å². The fourth-order valence-corrected chi connectivity index (χ4v) is 3.10. The number of anilines is 1. The third-order valence-electron chi connectivity index (χ3n) is 4.48. The summed E-state index contributed by atoms with van der Waals surface area (Å²) in [6, 6.07) is 8.39. The van der Waals surface area contributed by atoms with Gasteiger partial charge in [0.05, 0.1) is 0 Å². The Morgan fingerprint density at radius 3 is 2.54 bits per heavy atom. The van der Waals surface area contributed by atoms with Crippen LogP contribution in [0.15, 0.2) is 24.3 Å². The molecule has 1 aliphatic rings. The van der Waals surface area contributed by atoms with Crippen molar-refractivity contribution in [1.29, 1.82) is 0 Å². The molecule has 1 aliphatic heterocycles. The summed E-state index contributed by atoms with van der Waals surface area (Å²) in [6.45, 7) is 5.01. The lowest BCUT2D eigenvalue weighted by Crippen LogP contribution is -2.40. The molecule has 1 amide bonds. The van der Waals surface area contributed by atoms with E-state index in [1.807, 2.05) is 24.1 Å². The van der Waals surface area contributed by atoms with Crippen molar-refractivity contribution in [1.82, 2.24) is 10.2 Å². The number of rotatable bonds is 7. The topological polar surface area (TPSA) is 35.6 Å². The van der Waals surface area contributed by atoms with Gasteiger partial charge in [-0.2, -0.15) is 0 Å². The minimum absolute atomic E-state index is 0. The second-order valence-electron chi connectivity index (χ2n) is 6.17. The number of nitrogens with zero attached hydrogens (tertiary/aromatic N) is 2. The predicted molar refractivity (Wildman–Crippen MR) is 107 cm³/mol. The van der Waals surface area contributed by atoms with Crippen molar-refractivity contribution >= 4 is 36.4 Å². The third kappa shape index (κ3) is 5.83. The summed E-state index contributed by atoms with van der Waals surface area (Å²) in [7, 11) is 4.05. The number of benzene rings is 1. The van der Waals surface area contributed by atoms with Crippen LogP contribution in [0, 0.1) is 0 Å². The Hall–Kier alpha value is -0.970. The normalized spacial score (nSPS) is 16.3. The molecule has 1 fully saturated rings. The minimum Gasteiger partial charge on any atom is -0.375 e. The molecule has 4 nitrogen and oxygen atoms in total. The molecular formula is C18H31Cl2N3O. The van der Waals surface area contributed by atoms with Crippen LogP contribution in [0.3, 0.4) is 0 Å². The summed E-state index contributed by atoms with van der Waals surface area (Å²) < 4.78 is 0. The van der Waals surface area contributed by atoms with Gasteiger partial charge in [-0.15, -0.1) is 24.8 Å². The van der Waals surface area contributed by atoms with Gasteiger partial charge in [0, 0.05) is 44.0 Å². The standard InChI is InChI=1S/C18H29N3O.2ClH/c1-4-5-12-20(3)16-10-8-15(9-11-16)18(22)21-13-6-7-17(21)14-19-2;;/h8-11,17,19H,4-7,12-14H2,1-3H3;2*1H. The zero-order chi connectivity index (χ0) is 15.9. The van der Waals surface area contributed by atoms with E-state index in [4.69, 9.17) is 0 Å². The zero-order valence-electron chi connectivity index (χ0n) is 15.0. The van der Waals surface area contributed by atoms with Gasteiger partial charge >= 0.3 is 0 Å². The molecule has 6 heteroatoms. The molecule has 138 valence electrons. The van der Waals surface area contributed by atoms with Gasteiger partial charge in [0.2, 0.25) is 0 Å². The maximum Gasteiger partial charge on any atom is 0.254 e. The van der Waals surface area contributed by atoms with Gasteiger partial charge in [0.25, 0.3) is 5.91 Å². The van der Waals surface area contributed by atoms with Crippen LogP contribution in [0.4, 0.5) is 5.69 Å². The van der Waals surface area contributed by atoms with Crippen molar-refractivity contribution in [3.05, 3.63) is 29.8 Å². The summed E-state index contributed by atoms with van der Waals surface area (Å²) in [5.74, 6) is 0.167. The number of carbonyl (C=O) groups is 1. The van der Waals surface area contributed by atoms with E-state index in [9.17, 15) is 4.79 Å². The summed E-state index contributed by atoms with van der Waals surface area (Å²) in [6.07, 6.45) is 4.60. The average molecular weight is 376 g/mol. The van der Waals surface area contributed by atoms with Crippen LogP contribution in [0.1, 0.15) is 43.0 Å². The number of hydrogen-bond acceptors (Lipinski definition) is 3. The van der Waals surface area contributed by atoms with E-state index in [1.54, 1.807) is 0 Å². The maximum absolute atomic E-state index is 12.7. The Labute approximate surface area is 158 Å². The first-order valence-electron chi connectivity index (χ1n) is 8.44. The van der Waals surface area contributed by atoms with Crippen LogP contribution in [-0.2, 0) is 0 Å². The second-order valence-corrected chi connectivity index (χ2v) is 6.17. The lowest BCUT2D eigenvalue weighted by Gasteiger charge is -2.25. The quantitative estimate of drug-likeness (QED) is 0.790. The van der Waals surface area contributed by atoms with E-state index >= 15 is 0 Å². The Balaban J connectivity index is 0.00000264. The van der Waals surface area contributed by atoms with E-state index in [0.717, 1.165) is 38.0 Å². The van der Waals surface area contributed by atoms with Gasteiger partial charge in [0.15, 0.2) is 0 Å². The van der Waals surface area contributed by atoms with Crippen LogP contribution in [0.5, 0.6) is 0 Å². The summed E-state index contributed by atoms with van der Waals surface area (Å²) in [5, 5.41) is 3.19. The van der Waals surface area contributed by atoms with Gasteiger partial charge in [-0.25, -0.2) is 0 Å². The lowest BCUT2D eigenvalue weighted by molar-refractivity contribution is 0.0737. The average Bonchev–Trinajstić information content (AvgIpc) is 3.00. The Kier molecular flexibility index (Phi) is 11.1. The number of hydrogen-bond donors (Lipinski definition) is 1. The monoisotopic (exact) mass is 375 g/mol. The Morgan fingerprint density at radius 2 is 1.96 bits per heavy atom. The molecule has 0 aromatic heterocycles. The van der Waals surface area contributed by atoms with Gasteiger partial charge in [-0.1, -0.05) is 13.3 Å². The van der Waals surface area contributed by atoms with Crippen LogP contribution in [-0.4, -0.2) is 50.6 Å². The summed E-state index contributed by atoms with van der Waals surface area (Å²) in [4.78, 5) is 16.9. The van der Waals surface area contributed by atoms with Crippen LogP contribution in [0.2, 0.25) is 0 Å². The van der Waals surface area contributed by atoms with E-state index in [2.05, 4.69) is 36.3 Å². The molecular weight excluding hydrogens is 345 g/mol. The van der Waals surface area contributed by atoms with Crippen LogP contribution < -0.4 is 10.2 Å². The van der Waals surface area contributed by atoms with Crippen molar-refractivity contribution < 1.29 is 4.79 Å². The first-order chi connectivity index (χ1) is 10.7. The highest BCUT2D eigenvalue weighted by atomic mass is 35.5. The SMILES string of the molecule is CCCCN(C)c1ccc(C(=O)N2CCCC2CNC)cc1.Cl.Cl. The lowest BCUT2D eigenvalue weighted by atomic mass is 10.1. The van der Waals surface area contributed by atoms with Crippen molar-refractivity contribution in [2.45, 2.75) is 38.6 Å². The summed E-state index contributed by atoms with van der Waals surface area (Å²) in [5.41, 5.74) is 1.98. The number of likely N-dealkylation sites (tertiary alicyclic amines) is 1. The highest BCUT2D eigenvalue weighted by Gasteiger charge is 2.28. The Morgan fingerprint density at radius 1 is 1.29 bits per heavy atom. The molecule has 1 aromatic carbocycles. The van der Waals surface area contributed by atoms with Crippen molar-refractivity contribution in [2.24, 2.45) is 0 Å². The van der Waals surface area contributed by atoms with Gasteiger partial charge in [-0.05, 0) is 50.6 Å². The molecule has 0 saturated carbocycles. The number of likely N-dealkylation sites (N-methyl/N-ethyl adjacent to an activating group) is 1. The molecule has 1 saturated heterocycles. The van der Waals surface area contributed by atoms with E-state index in [0.29, 0.717) is 6.04 Å². The molecule has 1 atom stereocenters. The molecule has 24 heavy (non-hydrogen) atoms. The molecule has 0 bridgehead atoms. The van der Waals surface area contributed by atoms with Crippen molar-refractivity contribution in [3.8, 4) is 0 Å². The Bertz CT molecular complexity index is 482. The van der Waals surface area contributed by atoms with E-state index < -0.39 is 0 Å². The molecule has 2 rings (SSSR count). The fourth-order valence-electron chi connectivity index (χ4n) is 3.10. The maximum atomic E-state index is 12.7. The summed E-state index contributed by atoms with van der Waals surface area (Å²) >= 11 is 0. The number of halogens is 2. The zero-order valence-corrected chi connectivity index (χ0v) is 16.6. The highest BCUT2D eigenvalue weighted by molar-refractivity contribution is 5.95. The van der Waals surface area contributed by atoms with Gasteiger partial charge in [-0.3, -0.25) is 4.79 Å². The number of unbranched alkanes of at least 4 members (excludes halogenated alkanes) is 1. The molecule has 0 aliphatic carbocycles. The second kappa shape index (κ2) is 11.6. The molecule has 0 radical (unpaired) electrons. The highest BCUT2D eigenvalue weighted by Crippen LogP contribution is 2.21. The predicted octanol–water partition coefficient (Wildman–Crippen LogP) is 3.59. The molecule has 0 spiro atoms. The minimum atomic E-state index is 0. The molecule has 1 unspecified atom stereocenters. The molecule has 1 heterocycles. The smallest absolute Gasteiger partial charge is 0.254 e. The number of carbonyl (C=O) groups excluding carboxylic acids is 1. The third-order valence-corrected chi connectivity index (χ3v) is 4.48. The van der Waals surface area contributed by atoms with Crippen LogP contribution in [0.25, 0.3) is 0 Å². The van der Waals surface area contributed by atoms with E-state index in [-0.39, 0.29) is 30.7 Å². The van der Waals surface area contributed by atoms with Gasteiger partial charge < -0.3 is 15.1 Å².